The Morgan fingerprint density at radius 1 is 1.62 bits per heavy atom. The molecule has 1 saturated heterocycles. The maximum atomic E-state index is 11.5. The zero-order valence-corrected chi connectivity index (χ0v) is 10.2. The maximum absolute atomic E-state index is 11.5. The van der Waals surface area contributed by atoms with Gasteiger partial charge in [-0.05, 0) is 13.0 Å². The molecule has 13 heavy (non-hydrogen) atoms. The van der Waals surface area contributed by atoms with Crippen LogP contribution in [-0.2, 0) is 9.53 Å². The first-order chi connectivity index (χ1) is 6.13. The lowest BCUT2D eigenvalue weighted by Gasteiger charge is -2.15. The van der Waals surface area contributed by atoms with Crippen molar-refractivity contribution in [2.75, 3.05) is 20.2 Å². The molecule has 0 spiro atoms. The lowest BCUT2D eigenvalue weighted by atomic mass is 10.3. The fourth-order valence-electron chi connectivity index (χ4n) is 1.54. The number of nitrogens with zero attached hydrogens (tertiary/aromatic N) is 1. The third-order valence-corrected chi connectivity index (χ3v) is 4.74. The molecule has 0 amide bonds. The van der Waals surface area contributed by atoms with Crippen molar-refractivity contribution in [3.8, 4) is 0 Å². The molecular formula is C9H19NO2Si. The molecule has 1 aliphatic rings. The first-order valence-electron chi connectivity index (χ1n) is 4.91. The van der Waals surface area contributed by atoms with Crippen LogP contribution in [0.5, 0.6) is 0 Å². The standard InChI is InChI=1S/C9H19NO2Si/c1-7(2)9(11)13-10-5-4-8(6-10)12-3/h7-8H,4-6,13H2,1-3H3. The molecule has 0 radical (unpaired) electrons. The van der Waals surface area contributed by atoms with Crippen molar-refractivity contribution < 1.29 is 9.53 Å². The smallest absolute Gasteiger partial charge is 0.173 e. The molecule has 0 aromatic heterocycles. The second-order valence-corrected chi connectivity index (χ2v) is 5.91. The summed E-state index contributed by atoms with van der Waals surface area (Å²) in [6, 6.07) is 0. The van der Waals surface area contributed by atoms with E-state index < -0.39 is 9.68 Å². The third-order valence-electron chi connectivity index (χ3n) is 2.59. The molecule has 0 bridgehead atoms. The summed E-state index contributed by atoms with van der Waals surface area (Å²) in [5, 5.41) is 0.469. The Morgan fingerprint density at radius 2 is 2.31 bits per heavy atom. The quantitative estimate of drug-likeness (QED) is 0.598. The van der Waals surface area contributed by atoms with E-state index in [4.69, 9.17) is 4.74 Å². The lowest BCUT2D eigenvalue weighted by molar-refractivity contribution is -0.115. The number of carbonyl (C=O) groups excluding carboxylic acids is 1. The van der Waals surface area contributed by atoms with Gasteiger partial charge in [0.2, 0.25) is 0 Å². The molecule has 1 aliphatic heterocycles. The van der Waals surface area contributed by atoms with E-state index in [0.29, 0.717) is 11.5 Å². The van der Waals surface area contributed by atoms with Gasteiger partial charge in [0.15, 0.2) is 9.68 Å². The maximum Gasteiger partial charge on any atom is 0.173 e. The summed E-state index contributed by atoms with van der Waals surface area (Å²) in [6.45, 7) is 6.00. The third kappa shape index (κ3) is 3.21. The second-order valence-electron chi connectivity index (χ2n) is 4.00. The van der Waals surface area contributed by atoms with Gasteiger partial charge in [-0.15, -0.1) is 0 Å². The molecule has 1 rings (SSSR count). The summed E-state index contributed by atoms with van der Waals surface area (Å²) in [6.07, 6.45) is 1.46. The van der Waals surface area contributed by atoms with Crippen molar-refractivity contribution >= 4 is 15.1 Å². The van der Waals surface area contributed by atoms with Gasteiger partial charge in [-0.1, -0.05) is 13.8 Å². The van der Waals surface area contributed by atoms with Crippen LogP contribution < -0.4 is 0 Å². The van der Waals surface area contributed by atoms with Crippen LogP contribution >= 0.6 is 0 Å². The van der Waals surface area contributed by atoms with Crippen LogP contribution in [0.3, 0.4) is 0 Å². The average Bonchev–Trinajstić information content (AvgIpc) is 2.52. The van der Waals surface area contributed by atoms with Crippen molar-refractivity contribution in [3.05, 3.63) is 0 Å². The Morgan fingerprint density at radius 3 is 2.77 bits per heavy atom. The molecule has 0 aromatic carbocycles. The van der Waals surface area contributed by atoms with Gasteiger partial charge in [-0.25, -0.2) is 0 Å². The molecule has 1 atom stereocenters. The van der Waals surface area contributed by atoms with E-state index in [9.17, 15) is 4.79 Å². The Kier molecular flexibility index (Phi) is 4.09. The Balaban J connectivity index is 2.28. The molecular weight excluding hydrogens is 182 g/mol. The largest absolute Gasteiger partial charge is 0.380 e. The van der Waals surface area contributed by atoms with Gasteiger partial charge in [0.1, 0.15) is 5.41 Å². The van der Waals surface area contributed by atoms with Crippen LogP contribution in [0.1, 0.15) is 20.3 Å². The number of methoxy groups -OCH3 is 1. The highest BCUT2D eigenvalue weighted by molar-refractivity contribution is 6.72. The van der Waals surface area contributed by atoms with Crippen molar-refractivity contribution in [1.82, 2.24) is 4.57 Å². The van der Waals surface area contributed by atoms with Gasteiger partial charge < -0.3 is 14.1 Å². The van der Waals surface area contributed by atoms with E-state index in [2.05, 4.69) is 4.57 Å². The van der Waals surface area contributed by atoms with Crippen molar-refractivity contribution in [1.29, 1.82) is 0 Å². The SMILES string of the molecule is COC1CCN([SiH2]C(=O)C(C)C)C1. The summed E-state index contributed by atoms with van der Waals surface area (Å²) in [5.41, 5.74) is 0. The molecule has 76 valence electrons. The number of ether oxygens (including phenoxy) is 1. The summed E-state index contributed by atoms with van der Waals surface area (Å²) < 4.78 is 7.57. The highest BCUT2D eigenvalue weighted by Gasteiger charge is 2.24. The van der Waals surface area contributed by atoms with Gasteiger partial charge in [0.25, 0.3) is 0 Å². The predicted octanol–water partition coefficient (Wildman–Crippen LogP) is -0.0265. The van der Waals surface area contributed by atoms with E-state index in [1.807, 2.05) is 13.8 Å². The minimum absolute atomic E-state index is 0.216. The van der Waals surface area contributed by atoms with Crippen LogP contribution in [0.15, 0.2) is 0 Å². The summed E-state index contributed by atoms with van der Waals surface area (Å²) in [5.74, 6) is 0.216. The number of rotatable bonds is 4. The van der Waals surface area contributed by atoms with E-state index >= 15 is 0 Å². The van der Waals surface area contributed by atoms with Gasteiger partial charge in [0, 0.05) is 19.6 Å². The summed E-state index contributed by atoms with van der Waals surface area (Å²) >= 11 is 0. The van der Waals surface area contributed by atoms with Crippen LogP contribution in [0, 0.1) is 5.92 Å². The monoisotopic (exact) mass is 201 g/mol. The lowest BCUT2D eigenvalue weighted by Crippen LogP contribution is -2.34. The molecule has 1 unspecified atom stereocenters. The van der Waals surface area contributed by atoms with Crippen LogP contribution in [-0.4, -0.2) is 46.0 Å². The molecule has 0 aliphatic carbocycles. The number of hydrogen-bond acceptors (Lipinski definition) is 3. The summed E-state index contributed by atoms with van der Waals surface area (Å²) in [4.78, 5) is 11.5. The highest BCUT2D eigenvalue weighted by atomic mass is 28.2. The van der Waals surface area contributed by atoms with Gasteiger partial charge in [-0.2, -0.15) is 0 Å². The molecule has 1 heterocycles. The number of carbonyl (C=O) groups is 1. The number of hydrogen-bond donors (Lipinski definition) is 0. The minimum atomic E-state index is -0.662. The van der Waals surface area contributed by atoms with Crippen LogP contribution in [0.25, 0.3) is 0 Å². The molecule has 0 aromatic rings. The predicted molar refractivity (Wildman–Crippen MR) is 55.4 cm³/mol. The Bertz CT molecular complexity index is 184. The molecule has 0 N–H and O–H groups in total. The minimum Gasteiger partial charge on any atom is -0.380 e. The Labute approximate surface area is 82.3 Å². The highest BCUT2D eigenvalue weighted by Crippen LogP contribution is 2.10. The molecule has 4 heteroatoms. The molecule has 1 fully saturated rings. The van der Waals surface area contributed by atoms with Crippen LogP contribution in [0.4, 0.5) is 0 Å². The Hall–Kier alpha value is -0.193. The second kappa shape index (κ2) is 4.88. The zero-order valence-electron chi connectivity index (χ0n) is 8.75. The zero-order chi connectivity index (χ0) is 9.84. The van der Waals surface area contributed by atoms with Gasteiger partial charge in [0.05, 0.1) is 6.10 Å². The van der Waals surface area contributed by atoms with Gasteiger partial charge >= 0.3 is 0 Å². The van der Waals surface area contributed by atoms with E-state index in [1.54, 1.807) is 7.11 Å². The average molecular weight is 201 g/mol. The molecule has 0 saturated carbocycles. The van der Waals surface area contributed by atoms with E-state index in [1.165, 1.54) is 0 Å². The molecule has 3 nitrogen and oxygen atoms in total. The van der Waals surface area contributed by atoms with Crippen molar-refractivity contribution in [2.45, 2.75) is 26.4 Å². The van der Waals surface area contributed by atoms with Crippen molar-refractivity contribution in [2.24, 2.45) is 5.92 Å². The van der Waals surface area contributed by atoms with Crippen molar-refractivity contribution in [3.63, 3.8) is 0 Å². The fraction of sp³-hybridized carbons (Fsp3) is 0.889. The topological polar surface area (TPSA) is 29.5 Å². The first kappa shape index (κ1) is 10.9. The van der Waals surface area contributed by atoms with E-state index in [0.717, 1.165) is 19.5 Å². The van der Waals surface area contributed by atoms with Gasteiger partial charge in [-0.3, -0.25) is 0 Å². The van der Waals surface area contributed by atoms with E-state index in [-0.39, 0.29) is 5.92 Å². The summed E-state index contributed by atoms with van der Waals surface area (Å²) in [7, 11) is 1.09. The van der Waals surface area contributed by atoms with Crippen LogP contribution in [0.2, 0.25) is 0 Å². The normalized spacial score (nSPS) is 25.1. The fourth-order valence-corrected chi connectivity index (χ4v) is 3.10. The first-order valence-corrected chi connectivity index (χ1v) is 6.25.